The Balaban J connectivity index is 1.28. The number of ether oxygens (including phenoxy) is 3. The van der Waals surface area contributed by atoms with E-state index >= 15 is 0 Å². The molecule has 9 nitrogen and oxygen atoms in total. The van der Waals surface area contributed by atoms with Gasteiger partial charge in [-0.1, -0.05) is 31.2 Å². The average Bonchev–Trinajstić information content (AvgIpc) is 3.51. The highest BCUT2D eigenvalue weighted by molar-refractivity contribution is 5.77. The summed E-state index contributed by atoms with van der Waals surface area (Å²) in [6.45, 7) is 8.42. The molecule has 0 unspecified atom stereocenters. The van der Waals surface area contributed by atoms with E-state index in [4.69, 9.17) is 19.0 Å². The lowest BCUT2D eigenvalue weighted by atomic mass is 9.58. The van der Waals surface area contributed by atoms with E-state index in [1.54, 1.807) is 12.1 Å². The van der Waals surface area contributed by atoms with Gasteiger partial charge in [0.25, 0.3) is 0 Å². The second-order valence-corrected chi connectivity index (χ2v) is 12.1. The second-order valence-electron chi connectivity index (χ2n) is 12.1. The van der Waals surface area contributed by atoms with E-state index in [0.717, 1.165) is 30.7 Å². The maximum atomic E-state index is 13.8. The molecule has 2 aliphatic carbocycles. The summed E-state index contributed by atoms with van der Waals surface area (Å²) in [5.74, 6) is -0.162. The van der Waals surface area contributed by atoms with Crippen LogP contribution in [0, 0.1) is 23.7 Å². The molecule has 9 heteroatoms. The number of nitrogens with zero attached hydrogens (tertiary/aromatic N) is 1. The molecule has 1 aromatic rings. The lowest BCUT2D eigenvalue weighted by Gasteiger charge is -2.50. The molecule has 1 aromatic carbocycles. The smallest absolute Gasteiger partial charge is 0.323 e. The molecule has 2 N–H and O–H groups in total. The molecular weight excluding hydrogens is 488 g/mol. The third kappa shape index (κ3) is 4.06. The monoisotopic (exact) mass is 526 g/mol. The minimum atomic E-state index is -1.38. The van der Waals surface area contributed by atoms with Crippen molar-refractivity contribution in [3.8, 4) is 0 Å². The number of hydroxylamine groups is 1. The van der Waals surface area contributed by atoms with Crippen LogP contribution in [-0.2, 0) is 34.2 Å². The van der Waals surface area contributed by atoms with Crippen molar-refractivity contribution in [2.24, 2.45) is 23.7 Å². The van der Waals surface area contributed by atoms with Crippen LogP contribution in [0.25, 0.3) is 0 Å². The van der Waals surface area contributed by atoms with E-state index in [1.807, 2.05) is 31.2 Å². The number of esters is 2. The number of para-hydroxylation sites is 1. The topological polar surface area (TPSA) is 110 Å². The molecule has 3 heterocycles. The van der Waals surface area contributed by atoms with Crippen LogP contribution in [0.15, 0.2) is 35.9 Å². The summed E-state index contributed by atoms with van der Waals surface area (Å²) in [4.78, 5) is 31.8. The molecule has 5 aliphatic rings. The molecule has 1 saturated carbocycles. The van der Waals surface area contributed by atoms with Gasteiger partial charge in [0.2, 0.25) is 0 Å². The molecule has 3 fully saturated rings. The zero-order valence-electron chi connectivity index (χ0n) is 22.7. The molecule has 0 spiro atoms. The van der Waals surface area contributed by atoms with E-state index < -0.39 is 42.0 Å². The number of anilines is 1. The van der Waals surface area contributed by atoms with Crippen molar-refractivity contribution >= 4 is 17.6 Å². The highest BCUT2D eigenvalue weighted by Crippen LogP contribution is 2.54. The van der Waals surface area contributed by atoms with Crippen LogP contribution in [0.5, 0.6) is 0 Å². The van der Waals surface area contributed by atoms with Gasteiger partial charge in [-0.25, -0.2) is 0 Å². The van der Waals surface area contributed by atoms with Crippen molar-refractivity contribution in [1.82, 2.24) is 5.32 Å². The van der Waals surface area contributed by atoms with Gasteiger partial charge in [-0.3, -0.25) is 24.8 Å². The summed E-state index contributed by atoms with van der Waals surface area (Å²) < 4.78 is 17.9. The Morgan fingerprint density at radius 3 is 2.66 bits per heavy atom. The Morgan fingerprint density at radius 2 is 1.95 bits per heavy atom. The average molecular weight is 527 g/mol. The summed E-state index contributed by atoms with van der Waals surface area (Å²) in [6, 6.07) is 6.70. The SMILES string of the molecule is CC(=O)O[C@@H]1C(C)=C[C@H]2[C@@H]([C@H]1OC(=O)[C@H]1C[C@@]3(O)c4ccccc4N(C)O[C@H]3N1)[C@H](C)CC[C@H]2[C@]1(C)CO1. The van der Waals surface area contributed by atoms with E-state index in [1.165, 1.54) is 6.92 Å². The third-order valence-corrected chi connectivity index (χ3v) is 9.57. The number of hydrogen-bond acceptors (Lipinski definition) is 9. The van der Waals surface area contributed by atoms with Gasteiger partial charge in [-0.2, -0.15) is 0 Å². The summed E-state index contributed by atoms with van der Waals surface area (Å²) in [6.07, 6.45) is 2.29. The van der Waals surface area contributed by atoms with Crippen LogP contribution in [0.2, 0.25) is 0 Å². The van der Waals surface area contributed by atoms with E-state index in [2.05, 4.69) is 25.2 Å². The molecule has 3 aliphatic heterocycles. The van der Waals surface area contributed by atoms with Gasteiger partial charge in [0, 0.05) is 31.9 Å². The zero-order chi connectivity index (χ0) is 27.0. The number of hydrogen-bond donors (Lipinski definition) is 2. The number of aliphatic hydroxyl groups is 1. The number of carbonyl (C=O) groups excluding carboxylic acids is 2. The summed E-state index contributed by atoms with van der Waals surface area (Å²) in [5.41, 5.74) is 0.815. The van der Waals surface area contributed by atoms with Gasteiger partial charge in [0.1, 0.15) is 17.7 Å². The standard InChI is InChI=1S/C29H38N2O7/c1-15-10-11-19(28(4)14-35-28)18-12-16(2)24(36-17(3)32)25(23(15)18)37-26(33)21-13-29(34)20-8-6-7-9-22(20)31(5)38-27(29)30-21/h6-9,12,15,18-19,21,23-25,27,30,34H,10-11,13-14H2,1-5H3/t15-,18-,19-,21-,23+,24-,25-,27-,28+,29-/m1/s1. The van der Waals surface area contributed by atoms with Crippen molar-refractivity contribution in [2.75, 3.05) is 18.7 Å². The minimum Gasteiger partial charge on any atom is -0.457 e. The normalized spacial score (nSPS) is 43.3. The first-order chi connectivity index (χ1) is 18.0. The number of benzene rings is 1. The maximum Gasteiger partial charge on any atom is 0.323 e. The van der Waals surface area contributed by atoms with Gasteiger partial charge < -0.3 is 19.3 Å². The number of nitrogens with one attached hydrogen (secondary N) is 1. The highest BCUT2D eigenvalue weighted by atomic mass is 16.7. The van der Waals surface area contributed by atoms with Gasteiger partial charge in [0.05, 0.1) is 17.9 Å². The Kier molecular flexibility index (Phi) is 6.14. The molecule has 38 heavy (non-hydrogen) atoms. The predicted molar refractivity (Wildman–Crippen MR) is 138 cm³/mol. The quantitative estimate of drug-likeness (QED) is 0.348. The van der Waals surface area contributed by atoms with E-state index in [-0.39, 0.29) is 29.8 Å². The molecule has 206 valence electrons. The Bertz CT molecular complexity index is 1170. The number of epoxide rings is 1. The van der Waals surface area contributed by atoms with Crippen molar-refractivity contribution in [3.05, 3.63) is 41.5 Å². The first-order valence-corrected chi connectivity index (χ1v) is 13.7. The van der Waals surface area contributed by atoms with Crippen LogP contribution < -0.4 is 10.4 Å². The van der Waals surface area contributed by atoms with Gasteiger partial charge in [-0.15, -0.1) is 0 Å². The third-order valence-electron chi connectivity index (χ3n) is 9.57. The Labute approximate surface area is 223 Å². The van der Waals surface area contributed by atoms with Crippen LogP contribution >= 0.6 is 0 Å². The Morgan fingerprint density at radius 1 is 1.21 bits per heavy atom. The molecule has 0 radical (unpaired) electrons. The first-order valence-electron chi connectivity index (χ1n) is 13.7. The molecule has 0 bridgehead atoms. The van der Waals surface area contributed by atoms with Gasteiger partial charge in [-0.05, 0) is 56.1 Å². The summed E-state index contributed by atoms with van der Waals surface area (Å²) in [5, 5.41) is 16.4. The molecular formula is C29H38N2O7. The van der Waals surface area contributed by atoms with Crippen LogP contribution in [0.4, 0.5) is 5.69 Å². The first kappa shape index (κ1) is 25.8. The van der Waals surface area contributed by atoms with E-state index in [9.17, 15) is 14.7 Å². The van der Waals surface area contributed by atoms with Crippen molar-refractivity contribution in [1.29, 1.82) is 0 Å². The molecule has 0 aromatic heterocycles. The second kappa shape index (κ2) is 9.05. The van der Waals surface area contributed by atoms with Crippen LogP contribution in [0.3, 0.4) is 0 Å². The lowest BCUT2D eigenvalue weighted by molar-refractivity contribution is -0.178. The van der Waals surface area contributed by atoms with Crippen molar-refractivity contribution in [3.63, 3.8) is 0 Å². The predicted octanol–water partition coefficient (Wildman–Crippen LogP) is 2.81. The molecule has 2 saturated heterocycles. The Hall–Kier alpha value is -2.46. The highest BCUT2D eigenvalue weighted by Gasteiger charge is 2.59. The minimum absolute atomic E-state index is 0.0124. The number of fused-ring (bicyclic) bond motifs is 4. The summed E-state index contributed by atoms with van der Waals surface area (Å²) in [7, 11) is 1.78. The van der Waals surface area contributed by atoms with E-state index in [0.29, 0.717) is 11.5 Å². The summed E-state index contributed by atoms with van der Waals surface area (Å²) >= 11 is 0. The van der Waals surface area contributed by atoms with Crippen LogP contribution in [0.1, 0.15) is 52.5 Å². The number of carbonyl (C=O) groups is 2. The fraction of sp³-hybridized carbons (Fsp3) is 0.655. The molecule has 6 rings (SSSR count). The molecule has 10 atom stereocenters. The van der Waals surface area contributed by atoms with Crippen molar-refractivity contribution in [2.45, 2.75) is 82.6 Å². The maximum absolute atomic E-state index is 13.8. The number of rotatable bonds is 4. The van der Waals surface area contributed by atoms with Gasteiger partial charge in [0.15, 0.2) is 12.3 Å². The lowest BCUT2D eigenvalue weighted by Crippen LogP contribution is -2.55. The van der Waals surface area contributed by atoms with Crippen molar-refractivity contribution < 1.29 is 33.7 Å². The van der Waals surface area contributed by atoms with Crippen LogP contribution in [-0.4, -0.2) is 60.8 Å². The fourth-order valence-corrected chi connectivity index (χ4v) is 7.49. The number of allylic oxidation sites excluding steroid dienone is 1. The molecule has 0 amide bonds. The largest absolute Gasteiger partial charge is 0.457 e. The fourth-order valence-electron chi connectivity index (χ4n) is 7.49. The zero-order valence-corrected chi connectivity index (χ0v) is 22.7. The van der Waals surface area contributed by atoms with Gasteiger partial charge >= 0.3 is 11.9 Å².